The van der Waals surface area contributed by atoms with Crippen LogP contribution in [-0.4, -0.2) is 50.1 Å². The molecule has 1 N–H and O–H groups in total. The first-order valence-electron chi connectivity index (χ1n) is 10.8. The predicted octanol–water partition coefficient (Wildman–Crippen LogP) is 4.93. The second kappa shape index (κ2) is 10.7. The van der Waals surface area contributed by atoms with Gasteiger partial charge in [-0.15, -0.1) is 0 Å². The number of esters is 1. The number of anilines is 2. The van der Waals surface area contributed by atoms with Gasteiger partial charge in [-0.1, -0.05) is 41.4 Å². The van der Waals surface area contributed by atoms with Crippen LogP contribution in [0, 0.1) is 0 Å². The maximum Gasteiger partial charge on any atom is 0.337 e. The number of carbonyl (C=O) groups is 2. The molecule has 1 amide bonds. The highest BCUT2D eigenvalue weighted by atomic mass is 35.5. The molecule has 0 saturated carbocycles. The summed E-state index contributed by atoms with van der Waals surface area (Å²) in [5.74, 6) is -0.740. The third-order valence-corrected chi connectivity index (χ3v) is 6.72. The number of rotatable bonds is 4. The topological polar surface area (TPSA) is 74.2 Å². The van der Waals surface area contributed by atoms with Gasteiger partial charge in [-0.25, -0.2) is 9.79 Å². The molecule has 3 aromatic rings. The molecule has 0 aromatic heterocycles. The van der Waals surface area contributed by atoms with Crippen LogP contribution in [0.3, 0.4) is 0 Å². The van der Waals surface area contributed by atoms with Crippen molar-refractivity contribution >= 4 is 69.5 Å². The van der Waals surface area contributed by atoms with Crippen LogP contribution >= 0.6 is 35.4 Å². The number of likely N-dealkylation sites (N-methyl/N-ethyl adjacent to an activating group) is 1. The summed E-state index contributed by atoms with van der Waals surface area (Å²) in [5.41, 5.74) is 3.62. The smallest absolute Gasteiger partial charge is 0.337 e. The van der Waals surface area contributed by atoms with E-state index in [9.17, 15) is 9.59 Å². The van der Waals surface area contributed by atoms with Crippen molar-refractivity contribution in [3.63, 3.8) is 0 Å². The van der Waals surface area contributed by atoms with E-state index in [0.29, 0.717) is 43.8 Å². The first-order valence-corrected chi connectivity index (χ1v) is 12.0. The maximum absolute atomic E-state index is 13.5. The molecule has 1 aliphatic rings. The normalized spacial score (nSPS) is 14.9. The van der Waals surface area contributed by atoms with Crippen molar-refractivity contribution in [2.45, 2.75) is 6.17 Å². The molecule has 0 saturated heterocycles. The van der Waals surface area contributed by atoms with Crippen LogP contribution in [0.15, 0.2) is 71.7 Å². The van der Waals surface area contributed by atoms with E-state index in [4.69, 9.17) is 45.1 Å². The summed E-state index contributed by atoms with van der Waals surface area (Å²) in [7, 11) is 4.75. The van der Waals surface area contributed by atoms with E-state index >= 15 is 0 Å². The average Bonchev–Trinajstić information content (AvgIpc) is 2.98. The minimum absolute atomic E-state index is 0.263. The molecular formula is C26H22Cl2N4O3S. The van der Waals surface area contributed by atoms with Crippen LogP contribution in [0.25, 0.3) is 0 Å². The van der Waals surface area contributed by atoms with Crippen molar-refractivity contribution in [2.75, 3.05) is 31.0 Å². The predicted molar refractivity (Wildman–Crippen MR) is 148 cm³/mol. The van der Waals surface area contributed by atoms with E-state index in [1.54, 1.807) is 67.5 Å². The summed E-state index contributed by atoms with van der Waals surface area (Å²) in [6, 6.07) is 19.3. The van der Waals surface area contributed by atoms with Crippen LogP contribution in [0.4, 0.5) is 11.4 Å². The van der Waals surface area contributed by atoms with Gasteiger partial charge in [0.1, 0.15) is 0 Å². The van der Waals surface area contributed by atoms with Crippen LogP contribution in [-0.2, 0) is 9.53 Å². The van der Waals surface area contributed by atoms with Gasteiger partial charge in [0.15, 0.2) is 5.11 Å². The fourth-order valence-electron chi connectivity index (χ4n) is 3.78. The van der Waals surface area contributed by atoms with Crippen LogP contribution < -0.4 is 15.1 Å². The number of halogens is 2. The van der Waals surface area contributed by atoms with Crippen molar-refractivity contribution in [2.24, 2.45) is 4.99 Å². The first kappa shape index (κ1) is 25.6. The number of thiocarbonyl (C=S) groups is 1. The first-order chi connectivity index (χ1) is 17.2. The Morgan fingerprint density at radius 1 is 1.08 bits per heavy atom. The monoisotopic (exact) mass is 540 g/mol. The summed E-state index contributed by atoms with van der Waals surface area (Å²) < 4.78 is 4.74. The van der Waals surface area contributed by atoms with Crippen LogP contribution in [0.5, 0.6) is 0 Å². The molecule has 0 spiro atoms. The number of carbonyl (C=O) groups excluding carboxylic acids is 2. The Bertz CT molecular complexity index is 1380. The van der Waals surface area contributed by atoms with E-state index in [-0.39, 0.29) is 11.0 Å². The highest BCUT2D eigenvalue weighted by Gasteiger charge is 2.31. The molecule has 0 fully saturated rings. The lowest BCUT2D eigenvalue weighted by atomic mass is 10.00. The number of benzene rings is 3. The lowest BCUT2D eigenvalue weighted by molar-refractivity contribution is -0.119. The number of aliphatic imine (C=N–C) groups is 1. The lowest BCUT2D eigenvalue weighted by Gasteiger charge is -2.25. The Morgan fingerprint density at radius 3 is 2.44 bits per heavy atom. The van der Waals surface area contributed by atoms with Gasteiger partial charge in [0.05, 0.1) is 24.1 Å². The molecule has 1 aliphatic heterocycles. The van der Waals surface area contributed by atoms with E-state index in [2.05, 4.69) is 5.32 Å². The quantitative estimate of drug-likeness (QED) is 0.373. The third kappa shape index (κ3) is 5.06. The number of hydrogen-bond acceptors (Lipinski definition) is 5. The molecule has 3 aromatic carbocycles. The Morgan fingerprint density at radius 2 is 1.78 bits per heavy atom. The van der Waals surface area contributed by atoms with Gasteiger partial charge in [-0.05, 0) is 60.7 Å². The van der Waals surface area contributed by atoms with E-state index < -0.39 is 12.1 Å². The number of methoxy groups -OCH3 is 1. The molecule has 36 heavy (non-hydrogen) atoms. The largest absolute Gasteiger partial charge is 0.465 e. The van der Waals surface area contributed by atoms with Crippen molar-refractivity contribution in [3.05, 3.63) is 93.5 Å². The number of fused-ring (bicyclic) bond motifs is 1. The van der Waals surface area contributed by atoms with Gasteiger partial charge in [0.25, 0.3) is 5.91 Å². The maximum atomic E-state index is 13.5. The molecule has 184 valence electrons. The van der Waals surface area contributed by atoms with E-state index in [1.807, 2.05) is 18.2 Å². The number of nitrogens with zero attached hydrogens (tertiary/aromatic N) is 3. The second-order valence-corrected chi connectivity index (χ2v) is 9.20. The molecule has 0 radical (unpaired) electrons. The number of ether oxygens (including phenoxy) is 1. The fourth-order valence-corrected chi connectivity index (χ4v) is 4.39. The van der Waals surface area contributed by atoms with Gasteiger partial charge in [-0.2, -0.15) is 0 Å². The minimum Gasteiger partial charge on any atom is -0.465 e. The van der Waals surface area contributed by atoms with Gasteiger partial charge >= 0.3 is 5.97 Å². The molecule has 1 unspecified atom stereocenters. The average molecular weight is 541 g/mol. The Kier molecular flexibility index (Phi) is 7.59. The highest BCUT2D eigenvalue weighted by Crippen LogP contribution is 2.32. The Labute approximate surface area is 224 Å². The Hall–Kier alpha value is -3.46. The molecule has 1 atom stereocenters. The zero-order valence-electron chi connectivity index (χ0n) is 19.7. The summed E-state index contributed by atoms with van der Waals surface area (Å²) in [6.45, 7) is 0. The third-order valence-electron chi connectivity index (χ3n) is 5.77. The van der Waals surface area contributed by atoms with Crippen molar-refractivity contribution in [3.8, 4) is 0 Å². The summed E-state index contributed by atoms with van der Waals surface area (Å²) in [6.07, 6.45) is -1.03. The Balaban J connectivity index is 1.70. The fraction of sp³-hybridized carbons (Fsp3) is 0.154. The van der Waals surface area contributed by atoms with Gasteiger partial charge in [0.2, 0.25) is 6.17 Å². The number of amides is 1. The van der Waals surface area contributed by atoms with Crippen LogP contribution in [0.2, 0.25) is 10.0 Å². The zero-order valence-corrected chi connectivity index (χ0v) is 22.0. The standard InChI is InChI=1S/C26H22Cl2N4O3S/c1-31(17-11-8-15(9-12-17)25(34)35-3)26(36)30-23-24(33)32(2)21-13-10-16(27)14-19(21)22(29-23)18-6-4-5-7-20(18)28/h4-14,23H,1-3H3,(H,30,36). The molecular weight excluding hydrogens is 519 g/mol. The zero-order chi connectivity index (χ0) is 26.0. The van der Waals surface area contributed by atoms with Crippen LogP contribution in [0.1, 0.15) is 21.5 Å². The minimum atomic E-state index is -1.03. The van der Waals surface area contributed by atoms with Crippen molar-refractivity contribution in [1.29, 1.82) is 0 Å². The van der Waals surface area contributed by atoms with E-state index in [1.165, 1.54) is 12.0 Å². The molecule has 1 heterocycles. The molecule has 10 heteroatoms. The van der Waals surface area contributed by atoms with Gasteiger partial charge in [-0.3, -0.25) is 4.79 Å². The molecule has 4 rings (SSSR count). The number of hydrogen-bond donors (Lipinski definition) is 1. The van der Waals surface area contributed by atoms with Gasteiger partial charge in [0, 0.05) is 41.0 Å². The number of benzodiazepines with no additional fused rings is 1. The molecule has 0 bridgehead atoms. The second-order valence-electron chi connectivity index (χ2n) is 7.97. The SMILES string of the molecule is COC(=O)c1ccc(N(C)C(=S)NC2N=C(c3ccccc3Cl)c3cc(Cl)ccc3N(C)C2=O)cc1. The van der Waals surface area contributed by atoms with E-state index in [0.717, 1.165) is 0 Å². The van der Waals surface area contributed by atoms with Gasteiger partial charge < -0.3 is 19.9 Å². The van der Waals surface area contributed by atoms with Crippen molar-refractivity contribution in [1.82, 2.24) is 5.32 Å². The number of nitrogens with one attached hydrogen (secondary N) is 1. The highest BCUT2D eigenvalue weighted by molar-refractivity contribution is 7.80. The summed E-state index contributed by atoms with van der Waals surface area (Å²) >= 11 is 18.4. The summed E-state index contributed by atoms with van der Waals surface area (Å²) in [4.78, 5) is 33.2. The summed E-state index contributed by atoms with van der Waals surface area (Å²) in [5, 5.41) is 4.32. The molecule has 7 nitrogen and oxygen atoms in total. The lowest BCUT2D eigenvalue weighted by Crippen LogP contribution is -2.49. The van der Waals surface area contributed by atoms with Crippen molar-refractivity contribution < 1.29 is 14.3 Å². The molecule has 0 aliphatic carbocycles.